The number of anilines is 1. The number of hydrogen-bond acceptors (Lipinski definition) is 5. The Labute approximate surface area is 110 Å². The highest BCUT2D eigenvalue weighted by molar-refractivity contribution is 5.66. The largest absolute Gasteiger partial charge is 0.496 e. The predicted molar refractivity (Wildman–Crippen MR) is 69.6 cm³/mol. The lowest BCUT2D eigenvalue weighted by Gasteiger charge is -2.08. The van der Waals surface area contributed by atoms with Gasteiger partial charge in [-0.3, -0.25) is 14.9 Å². The number of carboxylic acid groups (broad SMARTS) is 1. The first-order chi connectivity index (χ1) is 9.04. The zero-order valence-electron chi connectivity index (χ0n) is 10.6. The molecule has 0 heterocycles. The van der Waals surface area contributed by atoms with E-state index in [2.05, 4.69) is 5.32 Å². The van der Waals surface area contributed by atoms with Crippen LogP contribution in [0.5, 0.6) is 5.75 Å². The van der Waals surface area contributed by atoms with Crippen molar-refractivity contribution in [1.29, 1.82) is 0 Å². The van der Waals surface area contributed by atoms with E-state index in [4.69, 9.17) is 9.84 Å². The lowest BCUT2D eigenvalue weighted by molar-refractivity contribution is -0.384. The number of nitro benzene ring substituents is 1. The van der Waals surface area contributed by atoms with Crippen LogP contribution in [0.4, 0.5) is 11.4 Å². The predicted octanol–water partition coefficient (Wildman–Crippen LogP) is 2.27. The summed E-state index contributed by atoms with van der Waals surface area (Å²) < 4.78 is 4.93. The van der Waals surface area contributed by atoms with Gasteiger partial charge in [0.15, 0.2) is 0 Å². The van der Waals surface area contributed by atoms with Gasteiger partial charge in [0.1, 0.15) is 11.4 Å². The Morgan fingerprint density at radius 3 is 2.79 bits per heavy atom. The smallest absolute Gasteiger partial charge is 0.303 e. The van der Waals surface area contributed by atoms with E-state index in [9.17, 15) is 14.9 Å². The van der Waals surface area contributed by atoms with Gasteiger partial charge < -0.3 is 15.2 Å². The van der Waals surface area contributed by atoms with Crippen LogP contribution in [0.2, 0.25) is 0 Å². The van der Waals surface area contributed by atoms with Crippen LogP contribution < -0.4 is 10.1 Å². The van der Waals surface area contributed by atoms with E-state index < -0.39 is 10.9 Å². The summed E-state index contributed by atoms with van der Waals surface area (Å²) in [7, 11) is 1.44. The van der Waals surface area contributed by atoms with Gasteiger partial charge in [-0.1, -0.05) is 0 Å². The summed E-state index contributed by atoms with van der Waals surface area (Å²) >= 11 is 0. The Morgan fingerprint density at radius 1 is 1.47 bits per heavy atom. The molecule has 2 N–H and O–H groups in total. The maximum absolute atomic E-state index is 10.9. The minimum atomic E-state index is -0.838. The molecule has 0 amide bonds. The average molecular weight is 268 g/mol. The van der Waals surface area contributed by atoms with Crippen molar-refractivity contribution in [2.24, 2.45) is 0 Å². The van der Waals surface area contributed by atoms with E-state index in [1.54, 1.807) is 12.1 Å². The molecule has 0 aliphatic heterocycles. The number of unbranched alkanes of at least 4 members (excludes halogenated alkanes) is 1. The number of rotatable bonds is 8. The van der Waals surface area contributed by atoms with Crippen LogP contribution in [0.25, 0.3) is 0 Å². The van der Waals surface area contributed by atoms with Crippen molar-refractivity contribution in [2.75, 3.05) is 19.0 Å². The van der Waals surface area contributed by atoms with Crippen molar-refractivity contribution in [3.8, 4) is 5.75 Å². The highest BCUT2D eigenvalue weighted by atomic mass is 16.6. The quantitative estimate of drug-likeness (QED) is 0.426. The van der Waals surface area contributed by atoms with Crippen molar-refractivity contribution >= 4 is 17.3 Å². The van der Waals surface area contributed by atoms with E-state index in [0.29, 0.717) is 30.8 Å². The Kier molecular flexibility index (Phi) is 5.59. The molecule has 0 saturated carbocycles. The Balaban J connectivity index is 2.57. The Hall–Kier alpha value is -2.31. The first-order valence-electron chi connectivity index (χ1n) is 5.82. The molecule has 7 heteroatoms. The van der Waals surface area contributed by atoms with E-state index >= 15 is 0 Å². The summed E-state index contributed by atoms with van der Waals surface area (Å²) in [5, 5.41) is 22.3. The zero-order chi connectivity index (χ0) is 14.3. The van der Waals surface area contributed by atoms with Gasteiger partial charge in [0, 0.05) is 13.0 Å². The van der Waals surface area contributed by atoms with Crippen LogP contribution in [-0.2, 0) is 4.79 Å². The molecular weight excluding hydrogens is 252 g/mol. The molecule has 0 fully saturated rings. The van der Waals surface area contributed by atoms with Crippen LogP contribution in [0.15, 0.2) is 18.2 Å². The number of nitro groups is 1. The number of carbonyl (C=O) groups is 1. The topological polar surface area (TPSA) is 102 Å². The van der Waals surface area contributed by atoms with Gasteiger partial charge in [0.05, 0.1) is 18.1 Å². The zero-order valence-corrected chi connectivity index (χ0v) is 10.6. The van der Waals surface area contributed by atoms with Gasteiger partial charge in [0.25, 0.3) is 5.69 Å². The summed E-state index contributed by atoms with van der Waals surface area (Å²) in [6, 6.07) is 4.56. The molecule has 0 saturated heterocycles. The lowest BCUT2D eigenvalue weighted by atomic mass is 10.2. The van der Waals surface area contributed by atoms with E-state index in [-0.39, 0.29) is 12.1 Å². The minimum Gasteiger partial charge on any atom is -0.496 e. The maximum atomic E-state index is 10.9. The molecule has 7 nitrogen and oxygen atoms in total. The number of hydrogen-bond donors (Lipinski definition) is 2. The van der Waals surface area contributed by atoms with Crippen LogP contribution in [0.1, 0.15) is 19.3 Å². The number of nitrogens with zero attached hydrogens (tertiary/aromatic N) is 1. The van der Waals surface area contributed by atoms with Crippen LogP contribution >= 0.6 is 0 Å². The van der Waals surface area contributed by atoms with Crippen molar-refractivity contribution in [2.45, 2.75) is 19.3 Å². The van der Waals surface area contributed by atoms with Crippen LogP contribution in [-0.4, -0.2) is 29.7 Å². The third kappa shape index (κ3) is 4.82. The van der Waals surface area contributed by atoms with Crippen molar-refractivity contribution in [1.82, 2.24) is 0 Å². The number of nitrogens with one attached hydrogen (secondary N) is 1. The van der Waals surface area contributed by atoms with Crippen molar-refractivity contribution in [3.05, 3.63) is 28.3 Å². The van der Waals surface area contributed by atoms with Crippen LogP contribution in [0.3, 0.4) is 0 Å². The van der Waals surface area contributed by atoms with E-state index in [1.807, 2.05) is 0 Å². The number of aliphatic carboxylic acids is 1. The van der Waals surface area contributed by atoms with Crippen molar-refractivity contribution in [3.63, 3.8) is 0 Å². The SMILES string of the molecule is COc1ccc(NCCCCC(=O)O)c([N+](=O)[O-])c1. The molecule has 0 radical (unpaired) electrons. The number of methoxy groups -OCH3 is 1. The van der Waals surface area contributed by atoms with Gasteiger partial charge in [-0.05, 0) is 25.0 Å². The van der Waals surface area contributed by atoms with Gasteiger partial charge in [-0.15, -0.1) is 0 Å². The summed E-state index contributed by atoms with van der Waals surface area (Å²) in [6.45, 7) is 0.487. The molecule has 104 valence electrons. The first-order valence-corrected chi connectivity index (χ1v) is 5.82. The second-order valence-corrected chi connectivity index (χ2v) is 3.92. The van der Waals surface area contributed by atoms with Gasteiger partial charge >= 0.3 is 5.97 Å². The molecule has 0 unspecified atom stereocenters. The second kappa shape index (κ2) is 7.20. The molecule has 19 heavy (non-hydrogen) atoms. The summed E-state index contributed by atoms with van der Waals surface area (Å²) in [5.74, 6) is -0.418. The summed E-state index contributed by atoms with van der Waals surface area (Å²) in [4.78, 5) is 20.7. The summed E-state index contributed by atoms with van der Waals surface area (Å²) in [6.07, 6.45) is 1.27. The molecule has 1 aromatic carbocycles. The molecule has 1 rings (SSSR count). The fraction of sp³-hybridized carbons (Fsp3) is 0.417. The first kappa shape index (κ1) is 14.7. The summed E-state index contributed by atoms with van der Waals surface area (Å²) in [5.41, 5.74) is 0.346. The fourth-order valence-electron chi connectivity index (χ4n) is 1.56. The highest BCUT2D eigenvalue weighted by Crippen LogP contribution is 2.28. The monoisotopic (exact) mass is 268 g/mol. The standard InChI is InChI=1S/C12H16N2O5/c1-19-9-5-6-10(11(8-9)14(17)18)13-7-3-2-4-12(15)16/h5-6,8,13H,2-4,7H2,1H3,(H,15,16). The second-order valence-electron chi connectivity index (χ2n) is 3.92. The Morgan fingerprint density at radius 2 is 2.21 bits per heavy atom. The number of ether oxygens (including phenoxy) is 1. The molecule has 0 aliphatic rings. The van der Waals surface area contributed by atoms with Gasteiger partial charge in [-0.25, -0.2) is 0 Å². The fourth-order valence-corrected chi connectivity index (χ4v) is 1.56. The minimum absolute atomic E-state index is 0.0578. The molecular formula is C12H16N2O5. The normalized spacial score (nSPS) is 9.95. The molecule has 1 aromatic rings. The Bertz CT molecular complexity index is 461. The van der Waals surface area contributed by atoms with Gasteiger partial charge in [0.2, 0.25) is 0 Å². The maximum Gasteiger partial charge on any atom is 0.303 e. The van der Waals surface area contributed by atoms with Crippen molar-refractivity contribution < 1.29 is 19.6 Å². The lowest BCUT2D eigenvalue weighted by Crippen LogP contribution is -2.05. The molecule has 0 bridgehead atoms. The molecule has 0 spiro atoms. The molecule has 0 aromatic heterocycles. The number of benzene rings is 1. The average Bonchev–Trinajstić information content (AvgIpc) is 2.38. The third-order valence-electron chi connectivity index (χ3n) is 2.53. The van der Waals surface area contributed by atoms with E-state index in [0.717, 1.165) is 0 Å². The van der Waals surface area contributed by atoms with Gasteiger partial charge in [-0.2, -0.15) is 0 Å². The van der Waals surface area contributed by atoms with Crippen LogP contribution in [0, 0.1) is 10.1 Å². The molecule has 0 atom stereocenters. The van der Waals surface area contributed by atoms with E-state index in [1.165, 1.54) is 13.2 Å². The number of carboxylic acids is 1. The third-order valence-corrected chi connectivity index (χ3v) is 2.53. The molecule has 0 aliphatic carbocycles. The highest BCUT2D eigenvalue weighted by Gasteiger charge is 2.14.